The first-order chi connectivity index (χ1) is 21.6. The molecule has 2 saturated heterocycles. The number of carbonyl (C=O) groups is 1. The molecule has 2 fully saturated rings. The number of aliphatic hydroxyl groups excluding tert-OH is 1. The van der Waals surface area contributed by atoms with Crippen LogP contribution in [0.15, 0.2) is 77.6 Å². The first-order valence-electron chi connectivity index (χ1n) is 15.0. The number of aromatic nitrogens is 2. The Balaban J connectivity index is 1.20. The van der Waals surface area contributed by atoms with Gasteiger partial charge in [-0.1, -0.05) is 90.3 Å². The highest BCUT2D eigenvalue weighted by molar-refractivity contribution is 6.76. The Morgan fingerprint density at radius 1 is 1.00 bits per heavy atom. The summed E-state index contributed by atoms with van der Waals surface area (Å²) in [5.41, 5.74) is 4.69. The van der Waals surface area contributed by atoms with E-state index in [2.05, 4.69) is 22.1 Å². The van der Waals surface area contributed by atoms with Crippen LogP contribution in [0, 0.1) is 5.92 Å². The predicted molar refractivity (Wildman–Crippen MR) is 176 cm³/mol. The number of fused-ring (bicyclic) bond motifs is 1. The molecule has 3 heterocycles. The maximum Gasteiger partial charge on any atom is 0.326 e. The van der Waals surface area contributed by atoms with Gasteiger partial charge in [0.05, 0.1) is 29.8 Å². The second-order valence-corrected chi connectivity index (χ2v) is 14.0. The minimum absolute atomic E-state index is 0.00225. The molecule has 12 heteroatoms. The Morgan fingerprint density at radius 2 is 1.73 bits per heavy atom. The molecule has 0 spiro atoms. The number of nitrogens with zero attached hydrogens (tertiary/aromatic N) is 2. The van der Waals surface area contributed by atoms with E-state index in [9.17, 15) is 14.7 Å². The van der Waals surface area contributed by atoms with Crippen LogP contribution in [-0.4, -0.2) is 55.0 Å². The number of ether oxygens (including phenoxy) is 2. The van der Waals surface area contributed by atoms with Gasteiger partial charge < -0.3 is 29.8 Å². The summed E-state index contributed by atoms with van der Waals surface area (Å²) in [5.74, 6) is -0.760. The number of imidazole rings is 1. The van der Waals surface area contributed by atoms with Gasteiger partial charge in [-0.2, -0.15) is 0 Å². The molecule has 2 aliphatic heterocycles. The fourth-order valence-corrected chi connectivity index (χ4v) is 6.49. The summed E-state index contributed by atoms with van der Waals surface area (Å²) in [7, 11) is 0. The second-order valence-electron chi connectivity index (χ2n) is 11.7. The number of halogens is 3. The normalized spacial score (nSPS) is 23.3. The number of alkyl halides is 3. The van der Waals surface area contributed by atoms with E-state index in [1.54, 1.807) is 18.2 Å². The molecular formula is C33H35Cl3N4O5. The lowest BCUT2D eigenvalue weighted by molar-refractivity contribution is -0.276. The molecule has 4 atom stereocenters. The lowest BCUT2D eigenvalue weighted by Crippen LogP contribution is -2.47. The highest BCUT2D eigenvalue weighted by atomic mass is 35.6. The third-order valence-corrected chi connectivity index (χ3v) is 9.30. The van der Waals surface area contributed by atoms with Crippen molar-refractivity contribution in [2.45, 2.75) is 54.7 Å². The van der Waals surface area contributed by atoms with Crippen molar-refractivity contribution < 1.29 is 19.4 Å². The Morgan fingerprint density at radius 3 is 2.44 bits per heavy atom. The zero-order valence-electron chi connectivity index (χ0n) is 24.7. The van der Waals surface area contributed by atoms with Crippen LogP contribution in [-0.2, 0) is 20.9 Å². The highest BCUT2D eigenvalue weighted by Gasteiger charge is 2.40. The van der Waals surface area contributed by atoms with Crippen molar-refractivity contribution in [1.29, 1.82) is 0 Å². The number of carbonyl (C=O) groups excluding carboxylic acids is 1. The van der Waals surface area contributed by atoms with Gasteiger partial charge >= 0.3 is 5.69 Å². The van der Waals surface area contributed by atoms with E-state index in [1.807, 2.05) is 59.2 Å². The number of piperidine rings is 1. The van der Waals surface area contributed by atoms with Gasteiger partial charge in [-0.3, -0.25) is 9.36 Å². The average Bonchev–Trinajstić information content (AvgIpc) is 3.37. The molecule has 9 nitrogen and oxygen atoms in total. The molecule has 6 rings (SSSR count). The Hall–Kier alpha value is -2.89. The zero-order chi connectivity index (χ0) is 31.7. The summed E-state index contributed by atoms with van der Waals surface area (Å²) in [5, 5.41) is 12.2. The minimum atomic E-state index is -2.10. The molecule has 2 aliphatic rings. The number of aliphatic hydroxyl groups is 1. The van der Waals surface area contributed by atoms with Crippen molar-refractivity contribution in [2.75, 3.05) is 25.0 Å². The molecule has 0 bridgehead atoms. The number of rotatable bonds is 7. The molecule has 0 aliphatic carbocycles. The number of amides is 1. The van der Waals surface area contributed by atoms with Gasteiger partial charge in [0.25, 0.3) is 9.70 Å². The summed E-state index contributed by atoms with van der Waals surface area (Å²) in [6.07, 6.45) is 0.501. The fraction of sp³-hybridized carbons (Fsp3) is 0.394. The van der Waals surface area contributed by atoms with Crippen LogP contribution >= 0.6 is 34.8 Å². The number of nitrogens with one attached hydrogen (secondary N) is 2. The van der Waals surface area contributed by atoms with E-state index in [0.717, 1.165) is 48.1 Å². The van der Waals surface area contributed by atoms with Gasteiger partial charge in [-0.05, 0) is 48.2 Å². The third-order valence-electron chi connectivity index (χ3n) is 8.78. The lowest BCUT2D eigenvalue weighted by atomic mass is 9.89. The number of anilines is 1. The molecule has 0 saturated carbocycles. The monoisotopic (exact) mass is 672 g/mol. The van der Waals surface area contributed by atoms with Crippen LogP contribution in [0.5, 0.6) is 0 Å². The van der Waals surface area contributed by atoms with Gasteiger partial charge in [-0.25, -0.2) is 4.79 Å². The van der Waals surface area contributed by atoms with Gasteiger partial charge in [0.1, 0.15) is 0 Å². The van der Waals surface area contributed by atoms with E-state index in [4.69, 9.17) is 44.3 Å². The van der Waals surface area contributed by atoms with E-state index < -0.39 is 16.0 Å². The molecule has 1 aromatic heterocycles. The number of aromatic amines is 1. The van der Waals surface area contributed by atoms with Crippen molar-refractivity contribution in [3.8, 4) is 0 Å². The van der Waals surface area contributed by atoms with E-state index >= 15 is 0 Å². The summed E-state index contributed by atoms with van der Waals surface area (Å²) in [6.45, 7) is 4.42. The van der Waals surface area contributed by atoms with Crippen LogP contribution in [0.4, 0.5) is 5.69 Å². The summed E-state index contributed by atoms with van der Waals surface area (Å²) in [6, 6.07) is 22.8. The summed E-state index contributed by atoms with van der Waals surface area (Å²) in [4.78, 5) is 30.5. The molecular weight excluding hydrogens is 639 g/mol. The zero-order valence-corrected chi connectivity index (χ0v) is 26.9. The predicted octanol–water partition coefficient (Wildman–Crippen LogP) is 6.26. The largest absolute Gasteiger partial charge is 0.392 e. The van der Waals surface area contributed by atoms with Gasteiger partial charge in [0, 0.05) is 42.8 Å². The molecule has 238 valence electrons. The molecule has 0 unspecified atom stereocenters. The van der Waals surface area contributed by atoms with Crippen molar-refractivity contribution in [2.24, 2.45) is 5.92 Å². The highest BCUT2D eigenvalue weighted by Crippen LogP contribution is 2.42. The van der Waals surface area contributed by atoms with Crippen molar-refractivity contribution >= 4 is 57.4 Å². The van der Waals surface area contributed by atoms with E-state index in [1.165, 1.54) is 0 Å². The number of hydrogen-bond acceptors (Lipinski definition) is 6. The molecule has 4 aromatic rings. The summed E-state index contributed by atoms with van der Waals surface area (Å²) >= 11 is 17.3. The second kappa shape index (κ2) is 13.5. The van der Waals surface area contributed by atoms with E-state index in [0.29, 0.717) is 17.8 Å². The van der Waals surface area contributed by atoms with Crippen LogP contribution < -0.4 is 11.0 Å². The lowest BCUT2D eigenvalue weighted by Gasteiger charge is -2.44. The number of benzene rings is 3. The molecule has 3 aromatic carbocycles. The average molecular weight is 674 g/mol. The molecule has 0 radical (unpaired) electrons. The first kappa shape index (κ1) is 32.1. The van der Waals surface area contributed by atoms with Crippen LogP contribution in [0.25, 0.3) is 11.0 Å². The molecule has 3 N–H and O–H groups in total. The van der Waals surface area contributed by atoms with Crippen molar-refractivity contribution in [3.63, 3.8) is 0 Å². The van der Waals surface area contributed by atoms with Crippen LogP contribution in [0.1, 0.15) is 54.9 Å². The first-order valence-corrected chi connectivity index (χ1v) is 16.1. The Bertz CT molecular complexity index is 1690. The SMILES string of the molecule is C[C@H]1[C@@H](CN2CCC(n3c(=O)[nH]c4ccccc43)CC2)O[C@@H](c2cccc(NC(=O)C(Cl)(Cl)Cl)c2)O[C@H]1c1ccc(CO)cc1. The number of hydrogen-bond donors (Lipinski definition) is 3. The maximum absolute atomic E-state index is 12.8. The number of para-hydroxylation sites is 2. The van der Waals surface area contributed by atoms with Crippen LogP contribution in [0.3, 0.4) is 0 Å². The smallest absolute Gasteiger partial charge is 0.326 e. The maximum atomic E-state index is 12.8. The Kier molecular flexibility index (Phi) is 9.59. The van der Waals surface area contributed by atoms with Crippen molar-refractivity contribution in [3.05, 3.63) is 100.0 Å². The Labute approximate surface area is 276 Å². The minimum Gasteiger partial charge on any atom is -0.392 e. The molecule has 45 heavy (non-hydrogen) atoms. The summed E-state index contributed by atoms with van der Waals surface area (Å²) < 4.78 is 13.0. The third kappa shape index (κ3) is 7.10. The quantitative estimate of drug-likeness (QED) is 0.200. The van der Waals surface area contributed by atoms with Crippen LogP contribution in [0.2, 0.25) is 0 Å². The topological polar surface area (TPSA) is 109 Å². The van der Waals surface area contributed by atoms with Gasteiger partial charge in [-0.15, -0.1) is 0 Å². The number of likely N-dealkylation sites (tertiary alicyclic amines) is 1. The van der Waals surface area contributed by atoms with E-state index in [-0.39, 0.29) is 36.5 Å². The van der Waals surface area contributed by atoms with Gasteiger partial charge in [0.15, 0.2) is 6.29 Å². The fourth-order valence-electron chi connectivity index (χ4n) is 6.34. The molecule has 1 amide bonds. The van der Waals surface area contributed by atoms with Gasteiger partial charge in [0.2, 0.25) is 0 Å². The number of H-pyrrole nitrogens is 1. The standard InChI is InChI=1S/C33H35Cl3N4O5/c1-20-28(18-39-15-13-25(14-16-39)40-27-8-3-2-7-26(27)38-32(40)43)44-30(45-29(20)22-11-9-21(19-41)10-12-22)23-5-4-6-24(17-23)37-31(42)33(34,35)36/h2-12,17,20,25,28-30,41H,13-16,18-19H2,1H3,(H,37,42)(H,38,43)/t20-,28+,29+,30+/m0/s1. The van der Waals surface area contributed by atoms with Crippen molar-refractivity contribution in [1.82, 2.24) is 14.5 Å².